The Bertz CT molecular complexity index is 795. The molecule has 0 unspecified atom stereocenters. The molecule has 4 heterocycles. The van der Waals surface area contributed by atoms with Crippen LogP contribution < -0.4 is 0 Å². The summed E-state index contributed by atoms with van der Waals surface area (Å²) in [4.78, 5) is 11.2. The molecule has 0 saturated heterocycles. The molecule has 0 aromatic carbocycles. The number of hydrogen-bond acceptors (Lipinski definition) is 6. The summed E-state index contributed by atoms with van der Waals surface area (Å²) >= 11 is 3.19. The normalized spacial score (nSPS) is 11.5. The molecule has 4 aromatic rings. The second kappa shape index (κ2) is 4.22. The molecule has 100 valence electrons. The first-order chi connectivity index (χ1) is 9.69. The molecule has 0 amide bonds. The SMILES string of the molecule is Cn1cc(-c2nc3sc(-c4cnn(C)c4)nc3s2)cn1. The monoisotopic (exact) mass is 302 g/mol. The first kappa shape index (κ1) is 11.7. The average Bonchev–Trinajstić information content (AvgIpc) is 3.09. The van der Waals surface area contributed by atoms with Gasteiger partial charge >= 0.3 is 0 Å². The quantitative estimate of drug-likeness (QED) is 0.571. The zero-order chi connectivity index (χ0) is 13.7. The Hall–Kier alpha value is -2.06. The summed E-state index contributed by atoms with van der Waals surface area (Å²) in [5.41, 5.74) is 2.07. The number of thiazole rings is 2. The molecular weight excluding hydrogens is 292 g/mol. The number of fused-ring (bicyclic) bond motifs is 1. The third kappa shape index (κ3) is 1.84. The van der Waals surface area contributed by atoms with E-state index in [0.717, 1.165) is 30.8 Å². The molecule has 6 nitrogen and oxygen atoms in total. The van der Waals surface area contributed by atoms with Crippen molar-refractivity contribution in [2.75, 3.05) is 0 Å². The van der Waals surface area contributed by atoms with Crippen molar-refractivity contribution in [2.24, 2.45) is 14.1 Å². The molecule has 4 aromatic heterocycles. The largest absolute Gasteiger partial charge is 0.275 e. The van der Waals surface area contributed by atoms with Crippen LogP contribution in [0.25, 0.3) is 30.8 Å². The van der Waals surface area contributed by atoms with Crippen LogP contribution in [0.2, 0.25) is 0 Å². The van der Waals surface area contributed by atoms with Crippen molar-refractivity contribution in [3.05, 3.63) is 24.8 Å². The summed E-state index contributed by atoms with van der Waals surface area (Å²) in [6.07, 6.45) is 7.57. The number of rotatable bonds is 2. The summed E-state index contributed by atoms with van der Waals surface area (Å²) in [5.74, 6) is 0. The lowest BCUT2D eigenvalue weighted by Crippen LogP contribution is -1.84. The highest BCUT2D eigenvalue weighted by Crippen LogP contribution is 2.36. The fourth-order valence-corrected chi connectivity index (χ4v) is 3.94. The Kier molecular flexibility index (Phi) is 2.48. The Labute approximate surface area is 122 Å². The van der Waals surface area contributed by atoms with E-state index >= 15 is 0 Å². The van der Waals surface area contributed by atoms with Crippen molar-refractivity contribution in [1.82, 2.24) is 29.5 Å². The van der Waals surface area contributed by atoms with Gasteiger partial charge in [0.05, 0.1) is 12.4 Å². The first-order valence-corrected chi connectivity index (χ1v) is 7.58. The summed E-state index contributed by atoms with van der Waals surface area (Å²) in [6, 6.07) is 0. The van der Waals surface area contributed by atoms with Gasteiger partial charge in [-0.05, 0) is 0 Å². The predicted octanol–water partition coefficient (Wildman–Crippen LogP) is 2.55. The average molecular weight is 302 g/mol. The molecule has 0 saturated carbocycles. The van der Waals surface area contributed by atoms with E-state index < -0.39 is 0 Å². The Balaban J connectivity index is 1.77. The van der Waals surface area contributed by atoms with Gasteiger partial charge in [0, 0.05) is 37.6 Å². The zero-order valence-electron chi connectivity index (χ0n) is 10.8. The van der Waals surface area contributed by atoms with Crippen LogP contribution in [-0.2, 0) is 14.1 Å². The number of aryl methyl sites for hydroxylation is 2. The van der Waals surface area contributed by atoms with Crippen LogP contribution >= 0.6 is 22.7 Å². The summed E-state index contributed by atoms with van der Waals surface area (Å²) < 4.78 is 3.55. The molecule has 20 heavy (non-hydrogen) atoms. The van der Waals surface area contributed by atoms with E-state index in [1.54, 1.807) is 32.0 Å². The van der Waals surface area contributed by atoms with E-state index in [9.17, 15) is 0 Å². The van der Waals surface area contributed by atoms with Gasteiger partial charge in [-0.25, -0.2) is 9.97 Å². The lowest BCUT2D eigenvalue weighted by Gasteiger charge is -1.88. The smallest absolute Gasteiger partial charge is 0.155 e. The molecule has 4 rings (SSSR count). The van der Waals surface area contributed by atoms with E-state index in [2.05, 4.69) is 20.2 Å². The van der Waals surface area contributed by atoms with Gasteiger partial charge in [0.2, 0.25) is 0 Å². The zero-order valence-corrected chi connectivity index (χ0v) is 12.4. The van der Waals surface area contributed by atoms with Crippen molar-refractivity contribution in [3.8, 4) is 21.1 Å². The maximum atomic E-state index is 4.64. The van der Waals surface area contributed by atoms with Gasteiger partial charge in [-0.2, -0.15) is 10.2 Å². The fraction of sp³-hybridized carbons (Fsp3) is 0.167. The highest BCUT2D eigenvalue weighted by Gasteiger charge is 2.14. The standard InChI is InChI=1S/C12H10N6S2/c1-17-5-7(3-13-17)9-15-11-12(19-9)16-10(20-11)8-4-14-18(2)6-8/h3-6H,1-2H3. The maximum absolute atomic E-state index is 4.64. The molecule has 0 atom stereocenters. The minimum Gasteiger partial charge on any atom is -0.275 e. The molecule has 8 heteroatoms. The van der Waals surface area contributed by atoms with Crippen LogP contribution in [0.3, 0.4) is 0 Å². The van der Waals surface area contributed by atoms with E-state index in [-0.39, 0.29) is 0 Å². The summed E-state index contributed by atoms with van der Waals surface area (Å²) in [6.45, 7) is 0. The van der Waals surface area contributed by atoms with Gasteiger partial charge in [-0.1, -0.05) is 22.7 Å². The second-order valence-corrected chi connectivity index (χ2v) is 6.41. The van der Waals surface area contributed by atoms with Crippen molar-refractivity contribution in [2.45, 2.75) is 0 Å². The van der Waals surface area contributed by atoms with E-state index in [1.807, 2.05) is 38.9 Å². The van der Waals surface area contributed by atoms with Gasteiger partial charge in [0.1, 0.15) is 10.0 Å². The number of aromatic nitrogens is 6. The maximum Gasteiger partial charge on any atom is 0.155 e. The lowest BCUT2D eigenvalue weighted by molar-refractivity contribution is 0.768. The van der Waals surface area contributed by atoms with E-state index in [0.29, 0.717) is 0 Å². The third-order valence-corrected chi connectivity index (χ3v) is 5.01. The second-order valence-electron chi connectivity index (χ2n) is 4.45. The molecule has 0 aliphatic rings. The third-order valence-electron chi connectivity index (χ3n) is 2.88. The number of nitrogens with zero attached hydrogens (tertiary/aromatic N) is 6. The van der Waals surface area contributed by atoms with E-state index in [4.69, 9.17) is 0 Å². The first-order valence-electron chi connectivity index (χ1n) is 5.94. The van der Waals surface area contributed by atoms with Crippen LogP contribution in [0.5, 0.6) is 0 Å². The molecule has 0 spiro atoms. The number of hydrogen-bond donors (Lipinski definition) is 0. The van der Waals surface area contributed by atoms with Gasteiger partial charge in [0.15, 0.2) is 9.66 Å². The van der Waals surface area contributed by atoms with Crippen LogP contribution in [-0.4, -0.2) is 29.5 Å². The highest BCUT2D eigenvalue weighted by molar-refractivity contribution is 7.29. The van der Waals surface area contributed by atoms with Crippen molar-refractivity contribution < 1.29 is 0 Å². The molecule has 0 radical (unpaired) electrons. The molecule has 0 bridgehead atoms. The van der Waals surface area contributed by atoms with Gasteiger partial charge in [0.25, 0.3) is 0 Å². The molecular formula is C12H10N6S2. The van der Waals surface area contributed by atoms with E-state index in [1.165, 1.54) is 0 Å². The predicted molar refractivity (Wildman–Crippen MR) is 79.7 cm³/mol. The van der Waals surface area contributed by atoms with Crippen molar-refractivity contribution in [1.29, 1.82) is 0 Å². The van der Waals surface area contributed by atoms with Crippen LogP contribution in [0.15, 0.2) is 24.8 Å². The fourth-order valence-electron chi connectivity index (χ4n) is 1.95. The minimum absolute atomic E-state index is 0.963. The molecule has 0 fully saturated rings. The Morgan fingerprint density at radius 2 is 1.25 bits per heavy atom. The lowest BCUT2D eigenvalue weighted by atomic mass is 10.4. The molecule has 0 aliphatic carbocycles. The van der Waals surface area contributed by atoms with Crippen molar-refractivity contribution >= 4 is 32.3 Å². The molecule has 0 aliphatic heterocycles. The minimum atomic E-state index is 0.963. The highest BCUT2D eigenvalue weighted by atomic mass is 32.1. The van der Waals surface area contributed by atoms with Gasteiger partial charge < -0.3 is 0 Å². The Morgan fingerprint density at radius 1 is 0.800 bits per heavy atom. The topological polar surface area (TPSA) is 61.4 Å². The molecule has 0 N–H and O–H groups in total. The summed E-state index contributed by atoms with van der Waals surface area (Å²) in [5, 5.41) is 10.3. The van der Waals surface area contributed by atoms with Crippen molar-refractivity contribution in [3.63, 3.8) is 0 Å². The summed E-state index contributed by atoms with van der Waals surface area (Å²) in [7, 11) is 3.80. The van der Waals surface area contributed by atoms with Crippen LogP contribution in [0, 0.1) is 0 Å². The van der Waals surface area contributed by atoms with Gasteiger partial charge in [-0.3, -0.25) is 9.36 Å². The van der Waals surface area contributed by atoms with Crippen LogP contribution in [0.4, 0.5) is 0 Å². The van der Waals surface area contributed by atoms with Crippen LogP contribution in [0.1, 0.15) is 0 Å². The van der Waals surface area contributed by atoms with Gasteiger partial charge in [-0.15, -0.1) is 0 Å². The Morgan fingerprint density at radius 3 is 1.60 bits per heavy atom.